The van der Waals surface area contributed by atoms with Gasteiger partial charge in [0.25, 0.3) is 5.91 Å². The summed E-state index contributed by atoms with van der Waals surface area (Å²) in [5.74, 6) is 0.903. The first-order chi connectivity index (χ1) is 14.5. The summed E-state index contributed by atoms with van der Waals surface area (Å²) in [6, 6.07) is 12.9. The van der Waals surface area contributed by atoms with E-state index in [1.165, 1.54) is 17.5 Å². The van der Waals surface area contributed by atoms with Gasteiger partial charge in [-0.15, -0.1) is 0 Å². The Morgan fingerprint density at radius 2 is 1.90 bits per heavy atom. The lowest BCUT2D eigenvalue weighted by molar-refractivity contribution is 0.103. The van der Waals surface area contributed by atoms with Crippen LogP contribution in [0.15, 0.2) is 54.9 Å². The second kappa shape index (κ2) is 8.56. The van der Waals surface area contributed by atoms with Gasteiger partial charge < -0.3 is 10.6 Å². The molecule has 1 aromatic carbocycles. The molecule has 0 unspecified atom stereocenters. The Morgan fingerprint density at radius 1 is 1.03 bits per heavy atom. The third-order valence-corrected chi connectivity index (χ3v) is 5.42. The lowest BCUT2D eigenvalue weighted by atomic mass is 10.2. The van der Waals surface area contributed by atoms with Crippen molar-refractivity contribution < 1.29 is 4.79 Å². The SMILES string of the molecule is Cc1nc(Nc2ncc(C(=O)Nc3c(C)cccc3Cl)s2)cc(-c2ccccn2)n1. The number of rotatable bonds is 5. The maximum atomic E-state index is 12.6. The molecule has 0 radical (unpaired) electrons. The van der Waals surface area contributed by atoms with Crippen molar-refractivity contribution in [2.75, 3.05) is 10.6 Å². The Kier molecular flexibility index (Phi) is 5.69. The van der Waals surface area contributed by atoms with Crippen LogP contribution >= 0.6 is 22.9 Å². The molecule has 150 valence electrons. The number of pyridine rings is 1. The Morgan fingerprint density at radius 3 is 2.67 bits per heavy atom. The molecule has 9 heteroatoms. The van der Waals surface area contributed by atoms with Crippen LogP contribution in [-0.4, -0.2) is 25.8 Å². The lowest BCUT2D eigenvalue weighted by Gasteiger charge is -2.08. The molecule has 3 heterocycles. The highest BCUT2D eigenvalue weighted by atomic mass is 35.5. The molecule has 0 aliphatic heterocycles. The van der Waals surface area contributed by atoms with Crippen LogP contribution in [0.3, 0.4) is 0 Å². The van der Waals surface area contributed by atoms with Crippen molar-refractivity contribution >= 4 is 45.5 Å². The normalized spacial score (nSPS) is 10.6. The minimum Gasteiger partial charge on any atom is -0.320 e. The highest BCUT2D eigenvalue weighted by Gasteiger charge is 2.15. The molecule has 1 amide bonds. The van der Waals surface area contributed by atoms with E-state index >= 15 is 0 Å². The van der Waals surface area contributed by atoms with E-state index in [1.807, 2.05) is 44.2 Å². The summed E-state index contributed by atoms with van der Waals surface area (Å²) < 4.78 is 0. The van der Waals surface area contributed by atoms with Crippen LogP contribution in [0.2, 0.25) is 5.02 Å². The second-order valence-corrected chi connectivity index (χ2v) is 7.88. The summed E-state index contributed by atoms with van der Waals surface area (Å²) in [6.07, 6.45) is 3.23. The van der Waals surface area contributed by atoms with Crippen molar-refractivity contribution in [3.8, 4) is 11.4 Å². The molecule has 0 fully saturated rings. The smallest absolute Gasteiger partial charge is 0.267 e. The van der Waals surface area contributed by atoms with Gasteiger partial charge in [-0.1, -0.05) is 41.1 Å². The van der Waals surface area contributed by atoms with Crippen LogP contribution in [0, 0.1) is 13.8 Å². The Labute approximate surface area is 182 Å². The van der Waals surface area contributed by atoms with Crippen molar-refractivity contribution in [1.82, 2.24) is 19.9 Å². The van der Waals surface area contributed by atoms with Gasteiger partial charge in [0, 0.05) is 12.3 Å². The summed E-state index contributed by atoms with van der Waals surface area (Å²) in [5.41, 5.74) is 2.94. The molecule has 0 spiro atoms. The average molecular weight is 437 g/mol. The first kappa shape index (κ1) is 19.9. The first-order valence-electron chi connectivity index (χ1n) is 9.06. The molecule has 4 aromatic rings. The Hall–Kier alpha value is -3.36. The molecular formula is C21H17ClN6OS. The number of para-hydroxylation sites is 1. The summed E-state index contributed by atoms with van der Waals surface area (Å²) >= 11 is 7.42. The summed E-state index contributed by atoms with van der Waals surface area (Å²) in [5, 5.41) is 7.02. The van der Waals surface area contributed by atoms with E-state index < -0.39 is 0 Å². The van der Waals surface area contributed by atoms with Gasteiger partial charge in [0.1, 0.15) is 16.5 Å². The van der Waals surface area contributed by atoms with E-state index in [9.17, 15) is 4.79 Å². The van der Waals surface area contributed by atoms with Gasteiger partial charge >= 0.3 is 0 Å². The maximum Gasteiger partial charge on any atom is 0.267 e. The number of hydrogen-bond donors (Lipinski definition) is 2. The number of anilines is 3. The molecule has 0 bridgehead atoms. The van der Waals surface area contributed by atoms with Gasteiger partial charge in [-0.2, -0.15) is 0 Å². The zero-order valence-electron chi connectivity index (χ0n) is 16.2. The fraction of sp³-hybridized carbons (Fsp3) is 0.0952. The van der Waals surface area contributed by atoms with Crippen molar-refractivity contribution in [1.29, 1.82) is 0 Å². The Balaban J connectivity index is 1.52. The van der Waals surface area contributed by atoms with Crippen molar-refractivity contribution in [3.05, 3.63) is 76.1 Å². The van der Waals surface area contributed by atoms with E-state index in [4.69, 9.17) is 11.6 Å². The first-order valence-corrected chi connectivity index (χ1v) is 10.3. The number of aromatic nitrogens is 4. The second-order valence-electron chi connectivity index (χ2n) is 6.44. The number of amides is 1. The van der Waals surface area contributed by atoms with Gasteiger partial charge in [-0.05, 0) is 37.6 Å². The molecule has 0 saturated heterocycles. The van der Waals surface area contributed by atoms with Crippen LogP contribution in [0.5, 0.6) is 0 Å². The van der Waals surface area contributed by atoms with E-state index in [2.05, 4.69) is 30.6 Å². The van der Waals surface area contributed by atoms with E-state index in [-0.39, 0.29) is 5.91 Å². The van der Waals surface area contributed by atoms with E-state index in [0.717, 1.165) is 11.3 Å². The number of nitrogens with one attached hydrogen (secondary N) is 2. The molecule has 2 N–H and O–H groups in total. The van der Waals surface area contributed by atoms with Gasteiger partial charge in [0.15, 0.2) is 5.13 Å². The van der Waals surface area contributed by atoms with Gasteiger partial charge in [0.2, 0.25) is 0 Å². The quantitative estimate of drug-likeness (QED) is 0.443. The van der Waals surface area contributed by atoms with E-state index in [1.54, 1.807) is 18.3 Å². The van der Waals surface area contributed by atoms with Crippen LogP contribution in [-0.2, 0) is 0 Å². The predicted molar refractivity (Wildman–Crippen MR) is 120 cm³/mol. The Bertz CT molecular complexity index is 1190. The van der Waals surface area contributed by atoms with Crippen molar-refractivity contribution in [2.45, 2.75) is 13.8 Å². The summed E-state index contributed by atoms with van der Waals surface area (Å²) in [4.78, 5) is 30.5. The van der Waals surface area contributed by atoms with Gasteiger partial charge in [-0.3, -0.25) is 9.78 Å². The molecule has 0 saturated carbocycles. The molecule has 30 heavy (non-hydrogen) atoms. The monoisotopic (exact) mass is 436 g/mol. The molecule has 3 aromatic heterocycles. The van der Waals surface area contributed by atoms with Gasteiger partial charge in [0.05, 0.1) is 28.3 Å². The molecule has 0 atom stereocenters. The van der Waals surface area contributed by atoms with Crippen molar-refractivity contribution in [2.24, 2.45) is 0 Å². The lowest BCUT2D eigenvalue weighted by Crippen LogP contribution is -2.11. The topological polar surface area (TPSA) is 92.7 Å². The zero-order valence-corrected chi connectivity index (χ0v) is 17.8. The number of carbonyl (C=O) groups is 1. The fourth-order valence-electron chi connectivity index (χ4n) is 2.79. The van der Waals surface area contributed by atoms with Crippen LogP contribution in [0.25, 0.3) is 11.4 Å². The number of carbonyl (C=O) groups excluding carboxylic acids is 1. The third-order valence-electron chi connectivity index (χ3n) is 4.19. The van der Waals surface area contributed by atoms with Crippen LogP contribution in [0.4, 0.5) is 16.6 Å². The standard InChI is InChI=1S/C21H17ClN6OS/c1-12-6-5-7-14(22)19(12)28-20(29)17-11-24-21(30-17)27-18-10-16(25-13(2)26-18)15-8-3-4-9-23-15/h3-11H,1-2H3,(H,28,29)(H,24,25,26,27). The fourth-order valence-corrected chi connectivity index (χ4v) is 3.78. The number of thiazole rings is 1. The molecule has 0 aliphatic carbocycles. The summed E-state index contributed by atoms with van der Waals surface area (Å²) in [7, 11) is 0. The average Bonchev–Trinajstić information content (AvgIpc) is 3.19. The van der Waals surface area contributed by atoms with Crippen LogP contribution < -0.4 is 10.6 Å². The molecule has 0 aliphatic rings. The number of halogens is 1. The number of hydrogen-bond acceptors (Lipinski definition) is 7. The predicted octanol–water partition coefficient (Wildman–Crippen LogP) is 5.26. The zero-order chi connectivity index (χ0) is 21.1. The highest BCUT2D eigenvalue weighted by Crippen LogP contribution is 2.28. The van der Waals surface area contributed by atoms with Crippen molar-refractivity contribution in [3.63, 3.8) is 0 Å². The minimum atomic E-state index is -0.273. The maximum absolute atomic E-state index is 12.6. The third kappa shape index (κ3) is 4.45. The van der Waals surface area contributed by atoms with E-state index in [0.29, 0.717) is 38.1 Å². The number of benzene rings is 1. The molecule has 4 rings (SSSR count). The molecular weight excluding hydrogens is 420 g/mol. The van der Waals surface area contributed by atoms with Gasteiger partial charge in [-0.25, -0.2) is 15.0 Å². The van der Waals surface area contributed by atoms with Crippen LogP contribution in [0.1, 0.15) is 21.1 Å². The largest absolute Gasteiger partial charge is 0.320 e. The highest BCUT2D eigenvalue weighted by molar-refractivity contribution is 7.17. The number of nitrogens with zero attached hydrogens (tertiary/aromatic N) is 4. The minimum absolute atomic E-state index is 0.273. The number of aryl methyl sites for hydroxylation is 2. The molecule has 7 nitrogen and oxygen atoms in total. The summed E-state index contributed by atoms with van der Waals surface area (Å²) in [6.45, 7) is 3.70.